The number of halogens is 1. The zero-order chi connectivity index (χ0) is 13.2. The van der Waals surface area contributed by atoms with E-state index >= 15 is 0 Å². The van der Waals surface area contributed by atoms with E-state index in [4.69, 9.17) is 21.1 Å². The molecule has 0 aliphatic carbocycles. The number of hydrogen-bond donors (Lipinski definition) is 1. The number of anilines is 1. The summed E-state index contributed by atoms with van der Waals surface area (Å²) in [5.74, 6) is 1.56. The van der Waals surface area contributed by atoms with Crippen LogP contribution in [0.1, 0.15) is 18.5 Å². The molecule has 2 aromatic rings. The first-order valence-electron chi connectivity index (χ1n) is 6.14. The highest BCUT2D eigenvalue weighted by Crippen LogP contribution is 2.35. The first kappa shape index (κ1) is 12.2. The second kappa shape index (κ2) is 5.02. The predicted molar refractivity (Wildman–Crippen MR) is 76.1 cm³/mol. The number of ether oxygens (including phenoxy) is 2. The molecule has 3 nitrogen and oxygen atoms in total. The van der Waals surface area contributed by atoms with Crippen LogP contribution in [-0.4, -0.2) is 6.79 Å². The lowest BCUT2D eigenvalue weighted by atomic mass is 10.1. The smallest absolute Gasteiger partial charge is 0.231 e. The summed E-state index contributed by atoms with van der Waals surface area (Å²) in [6, 6.07) is 13.8. The van der Waals surface area contributed by atoms with E-state index in [0.29, 0.717) is 6.79 Å². The second-order valence-electron chi connectivity index (χ2n) is 4.46. The largest absolute Gasteiger partial charge is 0.454 e. The monoisotopic (exact) mass is 275 g/mol. The minimum atomic E-state index is 0.120. The van der Waals surface area contributed by atoms with Crippen LogP contribution in [0.2, 0.25) is 5.02 Å². The van der Waals surface area contributed by atoms with Crippen LogP contribution in [0.4, 0.5) is 5.69 Å². The summed E-state index contributed by atoms with van der Waals surface area (Å²) < 4.78 is 10.7. The van der Waals surface area contributed by atoms with Crippen LogP contribution in [0, 0.1) is 0 Å². The van der Waals surface area contributed by atoms with Crippen molar-refractivity contribution >= 4 is 17.3 Å². The molecule has 0 saturated carbocycles. The molecule has 1 aliphatic heterocycles. The molecule has 1 unspecified atom stereocenters. The van der Waals surface area contributed by atoms with Crippen molar-refractivity contribution in [3.05, 3.63) is 53.1 Å². The maximum atomic E-state index is 6.19. The fourth-order valence-corrected chi connectivity index (χ4v) is 2.44. The molecule has 0 amide bonds. The molecule has 98 valence electrons. The van der Waals surface area contributed by atoms with Crippen molar-refractivity contribution in [2.75, 3.05) is 12.1 Å². The van der Waals surface area contributed by atoms with Crippen molar-refractivity contribution in [1.82, 2.24) is 0 Å². The topological polar surface area (TPSA) is 30.5 Å². The Bertz CT molecular complexity index is 600. The van der Waals surface area contributed by atoms with Gasteiger partial charge < -0.3 is 14.8 Å². The first-order valence-corrected chi connectivity index (χ1v) is 6.52. The Kier molecular flexibility index (Phi) is 3.22. The maximum absolute atomic E-state index is 6.19. The van der Waals surface area contributed by atoms with E-state index in [1.807, 2.05) is 42.5 Å². The number of fused-ring (bicyclic) bond motifs is 1. The zero-order valence-corrected chi connectivity index (χ0v) is 11.3. The maximum Gasteiger partial charge on any atom is 0.231 e. The Morgan fingerprint density at radius 3 is 2.74 bits per heavy atom. The molecule has 2 aromatic carbocycles. The Morgan fingerprint density at radius 2 is 1.89 bits per heavy atom. The molecular formula is C15H14ClNO2. The molecule has 1 atom stereocenters. The third-order valence-corrected chi connectivity index (χ3v) is 3.47. The van der Waals surface area contributed by atoms with E-state index < -0.39 is 0 Å². The van der Waals surface area contributed by atoms with Crippen LogP contribution in [-0.2, 0) is 0 Å². The molecule has 0 saturated heterocycles. The van der Waals surface area contributed by atoms with Crippen molar-refractivity contribution in [2.45, 2.75) is 13.0 Å². The molecule has 0 spiro atoms. The number of nitrogens with one attached hydrogen (secondary N) is 1. The highest BCUT2D eigenvalue weighted by molar-refractivity contribution is 6.31. The van der Waals surface area contributed by atoms with Gasteiger partial charge >= 0.3 is 0 Å². The molecule has 1 heterocycles. The minimum absolute atomic E-state index is 0.120. The lowest BCUT2D eigenvalue weighted by molar-refractivity contribution is 0.174. The Hall–Kier alpha value is -1.87. The van der Waals surface area contributed by atoms with E-state index in [1.54, 1.807) is 0 Å². The molecular weight excluding hydrogens is 262 g/mol. The SMILES string of the molecule is CC(Nc1ccc2c(c1)OCO2)c1ccccc1Cl. The average molecular weight is 276 g/mol. The van der Waals surface area contributed by atoms with Gasteiger partial charge in [0.1, 0.15) is 0 Å². The summed E-state index contributed by atoms with van der Waals surface area (Å²) in [5.41, 5.74) is 2.05. The number of benzene rings is 2. The Morgan fingerprint density at radius 1 is 1.11 bits per heavy atom. The van der Waals surface area contributed by atoms with Gasteiger partial charge in [-0.15, -0.1) is 0 Å². The summed E-state index contributed by atoms with van der Waals surface area (Å²) in [6.07, 6.45) is 0. The quantitative estimate of drug-likeness (QED) is 0.909. The van der Waals surface area contributed by atoms with Crippen molar-refractivity contribution < 1.29 is 9.47 Å². The highest BCUT2D eigenvalue weighted by atomic mass is 35.5. The first-order chi connectivity index (χ1) is 9.24. The van der Waals surface area contributed by atoms with Gasteiger partial charge in [0, 0.05) is 22.8 Å². The van der Waals surface area contributed by atoms with Gasteiger partial charge in [-0.3, -0.25) is 0 Å². The molecule has 1 N–H and O–H groups in total. The summed E-state index contributed by atoms with van der Waals surface area (Å²) in [7, 11) is 0. The molecule has 4 heteroatoms. The Labute approximate surface area is 117 Å². The van der Waals surface area contributed by atoms with Crippen molar-refractivity contribution in [3.8, 4) is 11.5 Å². The minimum Gasteiger partial charge on any atom is -0.454 e. The zero-order valence-electron chi connectivity index (χ0n) is 10.5. The van der Waals surface area contributed by atoms with Crippen LogP contribution < -0.4 is 14.8 Å². The fraction of sp³-hybridized carbons (Fsp3) is 0.200. The Balaban J connectivity index is 1.80. The fourth-order valence-electron chi connectivity index (χ4n) is 2.14. The summed E-state index contributed by atoms with van der Waals surface area (Å²) in [4.78, 5) is 0. The van der Waals surface area contributed by atoms with Crippen LogP contribution in [0.5, 0.6) is 11.5 Å². The third-order valence-electron chi connectivity index (χ3n) is 3.13. The lowest BCUT2D eigenvalue weighted by Gasteiger charge is -2.17. The van der Waals surface area contributed by atoms with E-state index in [1.165, 1.54) is 0 Å². The van der Waals surface area contributed by atoms with E-state index in [0.717, 1.165) is 27.8 Å². The molecule has 0 aromatic heterocycles. The van der Waals surface area contributed by atoms with Gasteiger partial charge in [0.05, 0.1) is 0 Å². The molecule has 0 bridgehead atoms. The van der Waals surface area contributed by atoms with Gasteiger partial charge in [-0.1, -0.05) is 29.8 Å². The van der Waals surface area contributed by atoms with E-state index in [-0.39, 0.29) is 6.04 Å². The third kappa shape index (κ3) is 2.47. The summed E-state index contributed by atoms with van der Waals surface area (Å²) >= 11 is 6.19. The van der Waals surface area contributed by atoms with Crippen LogP contribution >= 0.6 is 11.6 Å². The van der Waals surface area contributed by atoms with Crippen molar-refractivity contribution in [3.63, 3.8) is 0 Å². The van der Waals surface area contributed by atoms with Crippen molar-refractivity contribution in [2.24, 2.45) is 0 Å². The molecule has 1 aliphatic rings. The van der Waals surface area contributed by atoms with Gasteiger partial charge in [0.15, 0.2) is 11.5 Å². The lowest BCUT2D eigenvalue weighted by Crippen LogP contribution is -2.06. The van der Waals surface area contributed by atoms with Gasteiger partial charge in [-0.25, -0.2) is 0 Å². The molecule has 0 radical (unpaired) electrons. The van der Waals surface area contributed by atoms with Crippen molar-refractivity contribution in [1.29, 1.82) is 0 Å². The standard InChI is InChI=1S/C15H14ClNO2/c1-10(12-4-2-3-5-13(12)16)17-11-6-7-14-15(8-11)19-9-18-14/h2-8,10,17H,9H2,1H3. The van der Waals surface area contributed by atoms with Crippen LogP contribution in [0.3, 0.4) is 0 Å². The summed E-state index contributed by atoms with van der Waals surface area (Å²) in [6.45, 7) is 2.37. The second-order valence-corrected chi connectivity index (χ2v) is 4.86. The van der Waals surface area contributed by atoms with E-state index in [9.17, 15) is 0 Å². The van der Waals surface area contributed by atoms with E-state index in [2.05, 4.69) is 12.2 Å². The van der Waals surface area contributed by atoms with Gasteiger partial charge in [0.2, 0.25) is 6.79 Å². The molecule has 3 rings (SSSR count). The number of hydrogen-bond acceptors (Lipinski definition) is 3. The summed E-state index contributed by atoms with van der Waals surface area (Å²) in [5, 5.41) is 4.18. The molecule has 19 heavy (non-hydrogen) atoms. The number of rotatable bonds is 3. The van der Waals surface area contributed by atoms with Gasteiger partial charge in [-0.05, 0) is 30.7 Å². The molecule has 0 fully saturated rings. The average Bonchev–Trinajstić information content (AvgIpc) is 2.86. The van der Waals surface area contributed by atoms with Crippen LogP contribution in [0.25, 0.3) is 0 Å². The predicted octanol–water partition coefficient (Wildman–Crippen LogP) is 4.24. The highest BCUT2D eigenvalue weighted by Gasteiger charge is 2.15. The van der Waals surface area contributed by atoms with Crippen LogP contribution in [0.15, 0.2) is 42.5 Å². The van der Waals surface area contributed by atoms with Gasteiger partial charge in [0.25, 0.3) is 0 Å². The normalized spacial score (nSPS) is 14.2. The van der Waals surface area contributed by atoms with Gasteiger partial charge in [-0.2, -0.15) is 0 Å².